The number of nitrogens with one attached hydrogen (secondary N) is 2. The summed E-state index contributed by atoms with van der Waals surface area (Å²) in [6.45, 7) is 0.139. The second-order valence-corrected chi connectivity index (χ2v) is 6.96. The van der Waals surface area contributed by atoms with Gasteiger partial charge in [-0.1, -0.05) is 66.7 Å². The molecule has 3 aromatic carbocycles. The summed E-state index contributed by atoms with van der Waals surface area (Å²) in [5.41, 5.74) is 3.31. The number of carbonyl (C=O) groups is 2. The maximum absolute atomic E-state index is 12.5. The molecule has 2 N–H and O–H groups in total. The first-order valence-electron chi connectivity index (χ1n) is 9.49. The van der Waals surface area contributed by atoms with Gasteiger partial charge in [-0.05, 0) is 29.3 Å². The van der Waals surface area contributed by atoms with E-state index in [9.17, 15) is 9.59 Å². The van der Waals surface area contributed by atoms with Crippen LogP contribution in [0.25, 0.3) is 0 Å². The lowest BCUT2D eigenvalue weighted by Crippen LogP contribution is -2.32. The van der Waals surface area contributed by atoms with Gasteiger partial charge < -0.3 is 10.2 Å². The lowest BCUT2D eigenvalue weighted by atomic mass is 9.99. The molecule has 3 aromatic rings. The molecule has 0 fully saturated rings. The molecule has 148 valence electrons. The highest BCUT2D eigenvalue weighted by atomic mass is 16.2. The predicted molar refractivity (Wildman–Crippen MR) is 116 cm³/mol. The molecule has 0 aliphatic carbocycles. The minimum Gasteiger partial charge on any atom is -0.345 e. The molecule has 0 aliphatic rings. The van der Waals surface area contributed by atoms with E-state index in [2.05, 4.69) is 10.6 Å². The van der Waals surface area contributed by atoms with Crippen LogP contribution in [0.4, 0.5) is 5.69 Å². The first kappa shape index (κ1) is 20.3. The Kier molecular flexibility index (Phi) is 6.76. The number of carbonyl (C=O) groups excluding carboxylic acids is 2. The van der Waals surface area contributed by atoms with Crippen LogP contribution in [0.15, 0.2) is 84.9 Å². The van der Waals surface area contributed by atoms with Crippen molar-refractivity contribution < 1.29 is 9.59 Å². The fraction of sp³-hybridized carbons (Fsp3) is 0.167. The van der Waals surface area contributed by atoms with Gasteiger partial charge in [-0.3, -0.25) is 14.9 Å². The second-order valence-electron chi connectivity index (χ2n) is 6.96. The van der Waals surface area contributed by atoms with E-state index in [0.29, 0.717) is 11.3 Å². The van der Waals surface area contributed by atoms with E-state index in [1.807, 2.05) is 60.7 Å². The van der Waals surface area contributed by atoms with E-state index in [1.165, 1.54) is 4.90 Å². The van der Waals surface area contributed by atoms with Gasteiger partial charge in [0.15, 0.2) is 0 Å². The first-order chi connectivity index (χ1) is 14.0. The van der Waals surface area contributed by atoms with Crippen LogP contribution in [-0.4, -0.2) is 37.4 Å². The summed E-state index contributed by atoms with van der Waals surface area (Å²) >= 11 is 0. The third-order valence-electron chi connectivity index (χ3n) is 4.53. The normalized spacial score (nSPS) is 10.6. The molecule has 0 radical (unpaired) electrons. The zero-order valence-corrected chi connectivity index (χ0v) is 16.6. The summed E-state index contributed by atoms with van der Waals surface area (Å²) in [5, 5.41) is 6.20. The van der Waals surface area contributed by atoms with Gasteiger partial charge in [-0.25, -0.2) is 0 Å². The van der Waals surface area contributed by atoms with Crippen LogP contribution >= 0.6 is 0 Å². The van der Waals surface area contributed by atoms with Crippen molar-refractivity contribution >= 4 is 17.5 Å². The highest BCUT2D eigenvalue weighted by Gasteiger charge is 2.15. The smallest absolute Gasteiger partial charge is 0.253 e. The maximum atomic E-state index is 12.5. The molecular formula is C24H25N3O2. The fourth-order valence-electron chi connectivity index (χ4n) is 3.11. The largest absolute Gasteiger partial charge is 0.345 e. The number of amides is 2. The minimum absolute atomic E-state index is 0.0928. The second kappa shape index (κ2) is 9.66. The van der Waals surface area contributed by atoms with E-state index < -0.39 is 0 Å². The molecule has 0 spiro atoms. The van der Waals surface area contributed by atoms with Gasteiger partial charge in [0.25, 0.3) is 5.91 Å². The average Bonchev–Trinajstić information content (AvgIpc) is 2.75. The molecule has 3 rings (SSSR count). The molecule has 0 heterocycles. The van der Waals surface area contributed by atoms with Gasteiger partial charge in [-0.2, -0.15) is 0 Å². The van der Waals surface area contributed by atoms with Crippen molar-refractivity contribution in [1.29, 1.82) is 0 Å². The van der Waals surface area contributed by atoms with Gasteiger partial charge in [-0.15, -0.1) is 0 Å². The van der Waals surface area contributed by atoms with Crippen molar-refractivity contribution in [3.05, 3.63) is 102 Å². The van der Waals surface area contributed by atoms with Crippen molar-refractivity contribution in [2.75, 3.05) is 26.0 Å². The van der Waals surface area contributed by atoms with Crippen molar-refractivity contribution in [3.63, 3.8) is 0 Å². The maximum Gasteiger partial charge on any atom is 0.253 e. The summed E-state index contributed by atoms with van der Waals surface area (Å²) < 4.78 is 0. The number of benzene rings is 3. The lowest BCUT2D eigenvalue weighted by Gasteiger charge is -2.20. The van der Waals surface area contributed by atoms with Crippen molar-refractivity contribution in [3.8, 4) is 0 Å². The molecule has 29 heavy (non-hydrogen) atoms. The van der Waals surface area contributed by atoms with Crippen LogP contribution in [-0.2, 0) is 4.79 Å². The minimum atomic E-state index is -0.170. The van der Waals surface area contributed by atoms with Crippen molar-refractivity contribution in [1.82, 2.24) is 10.2 Å². The number of hydrogen-bond acceptors (Lipinski definition) is 3. The van der Waals surface area contributed by atoms with Crippen molar-refractivity contribution in [2.24, 2.45) is 0 Å². The number of anilines is 1. The van der Waals surface area contributed by atoms with E-state index in [-0.39, 0.29) is 24.4 Å². The molecule has 0 saturated heterocycles. The summed E-state index contributed by atoms with van der Waals surface area (Å²) in [6.07, 6.45) is 0. The Labute approximate surface area is 171 Å². The molecule has 5 heteroatoms. The van der Waals surface area contributed by atoms with Gasteiger partial charge in [0, 0.05) is 25.3 Å². The van der Waals surface area contributed by atoms with E-state index in [4.69, 9.17) is 0 Å². The Morgan fingerprint density at radius 1 is 0.828 bits per heavy atom. The molecule has 0 bridgehead atoms. The molecular weight excluding hydrogens is 362 g/mol. The third-order valence-corrected chi connectivity index (χ3v) is 4.53. The molecule has 0 aromatic heterocycles. The first-order valence-corrected chi connectivity index (χ1v) is 9.49. The molecule has 0 aliphatic heterocycles. The summed E-state index contributed by atoms with van der Waals surface area (Å²) in [5.74, 6) is -0.274. The van der Waals surface area contributed by atoms with Gasteiger partial charge >= 0.3 is 0 Å². The SMILES string of the molecule is CN(C)C(=O)c1cccc(NC(=O)CNC(c2ccccc2)c2ccccc2)c1. The quantitative estimate of drug-likeness (QED) is 0.650. The monoisotopic (exact) mass is 387 g/mol. The van der Waals surface area contributed by atoms with Crippen LogP contribution in [0, 0.1) is 0 Å². The van der Waals surface area contributed by atoms with Gasteiger partial charge in [0.1, 0.15) is 0 Å². The summed E-state index contributed by atoms with van der Waals surface area (Å²) in [4.78, 5) is 26.1. The Hall–Kier alpha value is -3.44. The predicted octanol–water partition coefficient (Wildman–Crippen LogP) is 3.71. The standard InChI is InChI=1S/C24H25N3O2/c1-27(2)24(29)20-14-9-15-21(16-20)26-22(28)17-25-23(18-10-5-3-6-11-18)19-12-7-4-8-13-19/h3-16,23,25H,17H2,1-2H3,(H,26,28). The topological polar surface area (TPSA) is 61.4 Å². The summed E-state index contributed by atoms with van der Waals surface area (Å²) in [7, 11) is 3.40. The average molecular weight is 387 g/mol. The third kappa shape index (κ3) is 5.53. The molecule has 0 atom stereocenters. The van der Waals surface area contributed by atoms with Crippen molar-refractivity contribution in [2.45, 2.75) is 6.04 Å². The molecule has 0 saturated carbocycles. The Bertz CT molecular complexity index is 917. The zero-order chi connectivity index (χ0) is 20.6. The summed E-state index contributed by atoms with van der Waals surface area (Å²) in [6, 6.07) is 26.9. The Morgan fingerprint density at radius 3 is 1.97 bits per heavy atom. The lowest BCUT2D eigenvalue weighted by molar-refractivity contribution is -0.115. The zero-order valence-electron chi connectivity index (χ0n) is 16.6. The molecule has 2 amide bonds. The van der Waals surface area contributed by atoms with Gasteiger partial charge in [0.2, 0.25) is 5.91 Å². The fourth-order valence-corrected chi connectivity index (χ4v) is 3.11. The number of rotatable bonds is 7. The van der Waals surface area contributed by atoms with E-state index >= 15 is 0 Å². The molecule has 5 nitrogen and oxygen atoms in total. The Balaban J connectivity index is 1.68. The van der Waals surface area contributed by atoms with Crippen LogP contribution in [0.5, 0.6) is 0 Å². The van der Waals surface area contributed by atoms with Crippen LogP contribution < -0.4 is 10.6 Å². The highest BCUT2D eigenvalue weighted by Crippen LogP contribution is 2.21. The van der Waals surface area contributed by atoms with E-state index in [1.54, 1.807) is 38.4 Å². The number of hydrogen-bond donors (Lipinski definition) is 2. The highest BCUT2D eigenvalue weighted by molar-refractivity contribution is 5.97. The van der Waals surface area contributed by atoms with E-state index in [0.717, 1.165) is 11.1 Å². The number of nitrogens with zero attached hydrogens (tertiary/aromatic N) is 1. The van der Waals surface area contributed by atoms with Gasteiger partial charge in [0.05, 0.1) is 12.6 Å². The molecule has 0 unspecified atom stereocenters. The Morgan fingerprint density at radius 2 is 1.41 bits per heavy atom. The van der Waals surface area contributed by atoms with Crippen LogP contribution in [0.3, 0.4) is 0 Å². The van der Waals surface area contributed by atoms with Crippen LogP contribution in [0.1, 0.15) is 27.5 Å². The van der Waals surface area contributed by atoms with Crippen LogP contribution in [0.2, 0.25) is 0 Å².